The van der Waals surface area contributed by atoms with E-state index in [2.05, 4.69) is 0 Å². The lowest BCUT2D eigenvalue weighted by Crippen LogP contribution is -2.53. The van der Waals surface area contributed by atoms with Gasteiger partial charge in [0.05, 0.1) is 10.9 Å². The lowest BCUT2D eigenvalue weighted by atomic mass is 10.1. The van der Waals surface area contributed by atoms with Crippen LogP contribution in [0.2, 0.25) is 0 Å². The van der Waals surface area contributed by atoms with E-state index < -0.39 is 15.9 Å². The zero-order valence-electron chi connectivity index (χ0n) is 13.6. The van der Waals surface area contributed by atoms with Gasteiger partial charge in [0.25, 0.3) is 5.91 Å². The SMILES string of the molecule is C[C@@H](N)C(=O)N1CCN(C(=O)c2cccc(S(C)(=O)=O)c2)CC1.Cl. The molecular weight excluding hydrogens is 354 g/mol. The Balaban J connectivity index is 0.00000288. The number of halogens is 1. The number of piperazine rings is 1. The van der Waals surface area contributed by atoms with Gasteiger partial charge < -0.3 is 15.5 Å². The highest BCUT2D eigenvalue weighted by molar-refractivity contribution is 7.90. The minimum absolute atomic E-state index is 0. The molecule has 0 aromatic heterocycles. The van der Waals surface area contributed by atoms with Gasteiger partial charge in [0.2, 0.25) is 5.91 Å². The second kappa shape index (κ2) is 7.96. The summed E-state index contributed by atoms with van der Waals surface area (Å²) in [5.41, 5.74) is 5.91. The third kappa shape index (κ3) is 4.68. The minimum Gasteiger partial charge on any atom is -0.338 e. The van der Waals surface area contributed by atoms with Gasteiger partial charge in [-0.25, -0.2) is 8.42 Å². The first-order valence-corrected chi connectivity index (χ1v) is 9.23. The summed E-state index contributed by atoms with van der Waals surface area (Å²) in [6.07, 6.45) is 1.11. The highest BCUT2D eigenvalue weighted by atomic mass is 35.5. The van der Waals surface area contributed by atoms with Gasteiger partial charge in [0.1, 0.15) is 0 Å². The van der Waals surface area contributed by atoms with Crippen LogP contribution in [0, 0.1) is 0 Å². The maximum absolute atomic E-state index is 12.5. The van der Waals surface area contributed by atoms with Crippen LogP contribution in [0.1, 0.15) is 17.3 Å². The fourth-order valence-corrected chi connectivity index (χ4v) is 3.13. The van der Waals surface area contributed by atoms with E-state index in [0.717, 1.165) is 6.26 Å². The van der Waals surface area contributed by atoms with Crippen molar-refractivity contribution in [3.8, 4) is 0 Å². The highest BCUT2D eigenvalue weighted by Crippen LogP contribution is 2.14. The summed E-state index contributed by atoms with van der Waals surface area (Å²) >= 11 is 0. The van der Waals surface area contributed by atoms with Crippen LogP contribution in [-0.4, -0.2) is 68.5 Å². The average molecular weight is 376 g/mol. The molecule has 2 N–H and O–H groups in total. The van der Waals surface area contributed by atoms with E-state index in [4.69, 9.17) is 5.73 Å². The monoisotopic (exact) mass is 375 g/mol. The molecule has 134 valence electrons. The number of sulfone groups is 1. The van der Waals surface area contributed by atoms with Crippen LogP contribution in [0.5, 0.6) is 0 Å². The van der Waals surface area contributed by atoms with E-state index in [1.807, 2.05) is 0 Å². The molecule has 2 amide bonds. The van der Waals surface area contributed by atoms with Gasteiger partial charge in [0.15, 0.2) is 9.84 Å². The van der Waals surface area contributed by atoms with E-state index in [9.17, 15) is 18.0 Å². The molecule has 0 unspecified atom stereocenters. The predicted octanol–water partition coefficient (Wildman–Crippen LogP) is 0.144. The average Bonchev–Trinajstić information content (AvgIpc) is 2.53. The first-order chi connectivity index (χ1) is 10.7. The van der Waals surface area contributed by atoms with Crippen LogP contribution in [0.3, 0.4) is 0 Å². The standard InChI is InChI=1S/C15H21N3O4S.ClH/c1-11(16)14(19)17-6-8-18(9-7-17)15(20)12-4-3-5-13(10-12)23(2,21)22;/h3-5,10-11H,6-9,16H2,1-2H3;1H/t11-;/m1./s1. The summed E-state index contributed by atoms with van der Waals surface area (Å²) in [6.45, 7) is 3.30. The Labute approximate surface area is 148 Å². The van der Waals surface area contributed by atoms with Gasteiger partial charge in [0, 0.05) is 38.0 Å². The van der Waals surface area contributed by atoms with E-state index >= 15 is 0 Å². The number of nitrogens with zero attached hydrogens (tertiary/aromatic N) is 2. The number of hydrogen-bond acceptors (Lipinski definition) is 5. The highest BCUT2D eigenvalue weighted by Gasteiger charge is 2.26. The van der Waals surface area contributed by atoms with E-state index in [-0.39, 0.29) is 29.1 Å². The van der Waals surface area contributed by atoms with Crippen molar-refractivity contribution in [3.05, 3.63) is 29.8 Å². The second-order valence-electron chi connectivity index (χ2n) is 5.71. The Kier molecular flexibility index (Phi) is 6.76. The number of amides is 2. The molecule has 0 aliphatic carbocycles. The molecule has 7 nitrogen and oxygen atoms in total. The minimum atomic E-state index is -3.36. The van der Waals surface area contributed by atoms with Crippen molar-refractivity contribution in [2.45, 2.75) is 17.9 Å². The molecule has 1 aliphatic heterocycles. The Morgan fingerprint density at radius 1 is 1.12 bits per heavy atom. The Morgan fingerprint density at radius 3 is 2.17 bits per heavy atom. The van der Waals surface area contributed by atoms with Crippen LogP contribution < -0.4 is 5.73 Å². The van der Waals surface area contributed by atoms with E-state index in [0.29, 0.717) is 31.7 Å². The normalized spacial score (nSPS) is 16.3. The molecule has 0 saturated carbocycles. The molecule has 24 heavy (non-hydrogen) atoms. The van der Waals surface area contributed by atoms with Gasteiger partial charge in [-0.15, -0.1) is 12.4 Å². The number of rotatable bonds is 3. The molecule has 1 heterocycles. The van der Waals surface area contributed by atoms with Gasteiger partial charge in [-0.2, -0.15) is 0 Å². The van der Waals surface area contributed by atoms with Crippen LogP contribution in [0.25, 0.3) is 0 Å². The zero-order chi connectivity index (χ0) is 17.2. The van der Waals surface area contributed by atoms with E-state index in [1.54, 1.807) is 28.9 Å². The van der Waals surface area contributed by atoms with Crippen LogP contribution in [0.15, 0.2) is 29.2 Å². The lowest BCUT2D eigenvalue weighted by molar-refractivity contribution is -0.133. The molecule has 1 saturated heterocycles. The van der Waals surface area contributed by atoms with E-state index in [1.165, 1.54) is 12.1 Å². The molecule has 1 aromatic carbocycles. The summed E-state index contributed by atoms with van der Waals surface area (Å²) in [4.78, 5) is 27.7. The van der Waals surface area contributed by atoms with Crippen molar-refractivity contribution in [2.24, 2.45) is 5.73 Å². The molecule has 1 fully saturated rings. The smallest absolute Gasteiger partial charge is 0.254 e. The fourth-order valence-electron chi connectivity index (χ4n) is 2.46. The first-order valence-electron chi connectivity index (χ1n) is 7.34. The van der Waals surface area contributed by atoms with Gasteiger partial charge >= 0.3 is 0 Å². The lowest BCUT2D eigenvalue weighted by Gasteiger charge is -2.35. The Hall–Kier alpha value is -1.64. The van der Waals surface area contributed by atoms with Crippen molar-refractivity contribution in [1.82, 2.24) is 9.80 Å². The van der Waals surface area contributed by atoms with Crippen LogP contribution in [0.4, 0.5) is 0 Å². The molecule has 1 atom stereocenters. The van der Waals surface area contributed by atoms with Crippen molar-refractivity contribution >= 4 is 34.1 Å². The fraction of sp³-hybridized carbons (Fsp3) is 0.467. The molecule has 9 heteroatoms. The molecular formula is C15H22ClN3O4S. The molecule has 0 radical (unpaired) electrons. The molecule has 1 aromatic rings. The Morgan fingerprint density at radius 2 is 1.67 bits per heavy atom. The summed E-state index contributed by atoms with van der Waals surface area (Å²) in [7, 11) is -3.36. The quantitative estimate of drug-likeness (QED) is 0.810. The number of carbonyl (C=O) groups is 2. The molecule has 1 aliphatic rings. The van der Waals surface area contributed by atoms with Crippen molar-refractivity contribution in [3.63, 3.8) is 0 Å². The van der Waals surface area contributed by atoms with Gasteiger partial charge in [-0.3, -0.25) is 9.59 Å². The van der Waals surface area contributed by atoms with Crippen molar-refractivity contribution < 1.29 is 18.0 Å². The number of hydrogen-bond donors (Lipinski definition) is 1. The predicted molar refractivity (Wildman–Crippen MR) is 92.9 cm³/mol. The number of nitrogens with two attached hydrogens (primary N) is 1. The second-order valence-corrected chi connectivity index (χ2v) is 7.72. The van der Waals surface area contributed by atoms with Crippen LogP contribution in [-0.2, 0) is 14.6 Å². The topological polar surface area (TPSA) is 101 Å². The molecule has 0 spiro atoms. The summed E-state index contributed by atoms with van der Waals surface area (Å²) in [5, 5.41) is 0. The maximum Gasteiger partial charge on any atom is 0.254 e. The summed E-state index contributed by atoms with van der Waals surface area (Å²) < 4.78 is 23.2. The van der Waals surface area contributed by atoms with Crippen molar-refractivity contribution in [1.29, 1.82) is 0 Å². The van der Waals surface area contributed by atoms with Crippen LogP contribution >= 0.6 is 12.4 Å². The summed E-state index contributed by atoms with van der Waals surface area (Å²) in [5.74, 6) is -0.362. The maximum atomic E-state index is 12.5. The third-order valence-electron chi connectivity index (χ3n) is 3.78. The molecule has 0 bridgehead atoms. The molecule has 2 rings (SSSR count). The summed E-state index contributed by atoms with van der Waals surface area (Å²) in [6, 6.07) is 5.45. The van der Waals surface area contributed by atoms with Crippen molar-refractivity contribution in [2.75, 3.05) is 32.4 Å². The zero-order valence-corrected chi connectivity index (χ0v) is 15.3. The number of benzene rings is 1. The number of carbonyl (C=O) groups excluding carboxylic acids is 2. The van der Waals surface area contributed by atoms with Gasteiger partial charge in [-0.05, 0) is 25.1 Å². The Bertz CT molecular complexity index is 713. The first kappa shape index (κ1) is 20.4. The third-order valence-corrected chi connectivity index (χ3v) is 4.89. The van der Waals surface area contributed by atoms with Gasteiger partial charge in [-0.1, -0.05) is 6.07 Å². The largest absolute Gasteiger partial charge is 0.338 e.